The van der Waals surface area contributed by atoms with E-state index in [9.17, 15) is 0 Å². The van der Waals surface area contributed by atoms with Crippen molar-refractivity contribution in [2.75, 3.05) is 20.1 Å². The van der Waals surface area contributed by atoms with Gasteiger partial charge in [0.1, 0.15) is 11.8 Å². The minimum absolute atomic E-state index is 0.145. The van der Waals surface area contributed by atoms with Crippen molar-refractivity contribution in [1.29, 1.82) is 0 Å². The number of nitrogens with zero attached hydrogens (tertiary/aromatic N) is 2. The molecule has 3 N–H and O–H groups in total. The Balaban J connectivity index is 2.17. The van der Waals surface area contributed by atoms with Gasteiger partial charge in [0.2, 0.25) is 0 Å². The normalized spacial score (nSPS) is 26.3. The summed E-state index contributed by atoms with van der Waals surface area (Å²) in [5.74, 6) is 0. The van der Waals surface area contributed by atoms with Gasteiger partial charge in [0.15, 0.2) is 0 Å². The fourth-order valence-electron chi connectivity index (χ4n) is 3.61. The van der Waals surface area contributed by atoms with Crippen LogP contribution in [0.1, 0.15) is 27.7 Å². The summed E-state index contributed by atoms with van der Waals surface area (Å²) in [6, 6.07) is 0.300. The first-order valence-electron chi connectivity index (χ1n) is 9.99. The second-order valence-electron chi connectivity index (χ2n) is 7.78. The van der Waals surface area contributed by atoms with Crippen molar-refractivity contribution in [3.05, 3.63) is 73.2 Å². The first-order valence-corrected chi connectivity index (χ1v) is 9.99. The van der Waals surface area contributed by atoms with Gasteiger partial charge in [0, 0.05) is 24.8 Å². The van der Waals surface area contributed by atoms with E-state index in [1.807, 2.05) is 31.4 Å². The average molecular weight is 384 g/mol. The summed E-state index contributed by atoms with van der Waals surface area (Å²) in [5.41, 5.74) is 3.31. The molecule has 1 saturated heterocycles. The van der Waals surface area contributed by atoms with E-state index in [1.54, 1.807) is 0 Å². The zero-order valence-electron chi connectivity index (χ0n) is 18.1. The summed E-state index contributed by atoms with van der Waals surface area (Å²) in [7, 11) is 2.19. The van der Waals surface area contributed by atoms with Crippen molar-refractivity contribution < 1.29 is 0 Å². The van der Waals surface area contributed by atoms with E-state index in [2.05, 4.69) is 85.5 Å². The molecule has 0 aliphatic carbocycles. The first-order chi connectivity index (χ1) is 13.3. The highest BCUT2D eigenvalue weighted by atomic mass is 15.6. The summed E-state index contributed by atoms with van der Waals surface area (Å²) >= 11 is 0. The summed E-state index contributed by atoms with van der Waals surface area (Å²) in [4.78, 5) is 4.87. The van der Waals surface area contributed by atoms with Crippen molar-refractivity contribution in [1.82, 2.24) is 25.8 Å². The molecule has 0 saturated carbocycles. The fraction of sp³-hybridized carbons (Fsp3) is 0.478. The monoisotopic (exact) mass is 383 g/mol. The largest absolute Gasteiger partial charge is 0.381 e. The van der Waals surface area contributed by atoms with Crippen LogP contribution < -0.4 is 16.0 Å². The van der Waals surface area contributed by atoms with Crippen LogP contribution in [0.3, 0.4) is 0 Å². The van der Waals surface area contributed by atoms with Gasteiger partial charge >= 0.3 is 0 Å². The lowest BCUT2D eigenvalue weighted by Gasteiger charge is -2.42. The van der Waals surface area contributed by atoms with Gasteiger partial charge in [-0.2, -0.15) is 0 Å². The highest BCUT2D eigenvalue weighted by Crippen LogP contribution is 2.33. The van der Waals surface area contributed by atoms with Crippen molar-refractivity contribution >= 4 is 0 Å². The molecule has 0 spiro atoms. The number of hydrogen-bond acceptors (Lipinski definition) is 5. The SMILES string of the molecule is C=CC(=C)CN(C(C)N(C)C(C)C1=CC=C(C=C)NC1)C1(C)NC1N/C=C\C. The number of nitrogens with one attached hydrogen (secondary N) is 3. The maximum Gasteiger partial charge on any atom is 0.110 e. The Morgan fingerprint density at radius 1 is 1.39 bits per heavy atom. The van der Waals surface area contributed by atoms with Crippen molar-refractivity contribution in [2.45, 2.75) is 51.7 Å². The number of likely N-dealkylation sites (N-methyl/N-ethyl adjacent to an activating group) is 1. The number of rotatable bonds is 11. The molecule has 2 rings (SSSR count). The molecular formula is C23H37N5. The van der Waals surface area contributed by atoms with Gasteiger partial charge in [-0.1, -0.05) is 38.0 Å². The molecule has 5 heteroatoms. The molecule has 0 aromatic carbocycles. The molecule has 0 amide bonds. The van der Waals surface area contributed by atoms with Gasteiger partial charge in [-0.3, -0.25) is 15.1 Å². The molecule has 0 radical (unpaired) electrons. The van der Waals surface area contributed by atoms with Crippen LogP contribution >= 0.6 is 0 Å². The second kappa shape index (κ2) is 9.41. The standard InChI is InChI=1S/C23H37N5/c1-9-14-24-22-23(7,26-22)28(16-17(4)10-2)19(6)27(8)18(5)20-12-13-21(11-3)25-15-20/h9-14,18-19,22,24-26H,2-4,15-16H2,1,5-8H3/b14-9-. The fourth-order valence-corrected chi connectivity index (χ4v) is 3.61. The number of allylic oxidation sites excluding steroid dienone is 4. The van der Waals surface area contributed by atoms with Crippen LogP contribution in [0, 0.1) is 0 Å². The van der Waals surface area contributed by atoms with Crippen molar-refractivity contribution in [3.63, 3.8) is 0 Å². The third-order valence-electron chi connectivity index (χ3n) is 5.99. The van der Waals surface area contributed by atoms with E-state index >= 15 is 0 Å². The van der Waals surface area contributed by atoms with Crippen LogP contribution in [0.4, 0.5) is 0 Å². The van der Waals surface area contributed by atoms with E-state index in [0.29, 0.717) is 6.04 Å². The van der Waals surface area contributed by atoms with Gasteiger partial charge < -0.3 is 10.6 Å². The van der Waals surface area contributed by atoms with E-state index in [1.165, 1.54) is 5.57 Å². The molecular weight excluding hydrogens is 346 g/mol. The minimum atomic E-state index is -0.145. The maximum absolute atomic E-state index is 4.16. The molecule has 4 atom stereocenters. The lowest BCUT2D eigenvalue weighted by molar-refractivity contribution is 0.0228. The molecule has 4 unspecified atom stereocenters. The number of hydrogen-bond donors (Lipinski definition) is 3. The quantitative estimate of drug-likeness (QED) is 0.291. The molecule has 154 valence electrons. The summed E-state index contributed by atoms with van der Waals surface area (Å²) < 4.78 is 0. The molecule has 2 heterocycles. The predicted molar refractivity (Wildman–Crippen MR) is 120 cm³/mol. The van der Waals surface area contributed by atoms with Gasteiger partial charge in [0.25, 0.3) is 0 Å². The average Bonchev–Trinajstić information content (AvgIpc) is 3.39. The summed E-state index contributed by atoms with van der Waals surface area (Å²) in [5, 5.41) is 10.4. The van der Waals surface area contributed by atoms with Crippen LogP contribution in [-0.2, 0) is 0 Å². The Morgan fingerprint density at radius 2 is 2.11 bits per heavy atom. The summed E-state index contributed by atoms with van der Waals surface area (Å²) in [6.45, 7) is 22.2. The third kappa shape index (κ3) is 4.85. The Kier molecular flexibility index (Phi) is 7.47. The minimum Gasteiger partial charge on any atom is -0.381 e. The van der Waals surface area contributed by atoms with Crippen LogP contribution in [0.2, 0.25) is 0 Å². The summed E-state index contributed by atoms with van der Waals surface area (Å²) in [6.07, 6.45) is 12.4. The molecule has 2 aliphatic heterocycles. The Bertz CT molecular complexity index is 689. The van der Waals surface area contributed by atoms with Crippen LogP contribution in [-0.4, -0.2) is 54.0 Å². The van der Waals surface area contributed by atoms with E-state index in [0.717, 1.165) is 24.4 Å². The Labute approximate surface area is 171 Å². The van der Waals surface area contributed by atoms with Gasteiger partial charge in [-0.05, 0) is 64.2 Å². The predicted octanol–water partition coefficient (Wildman–Crippen LogP) is 3.07. The van der Waals surface area contributed by atoms with E-state index in [4.69, 9.17) is 0 Å². The molecule has 5 nitrogen and oxygen atoms in total. The zero-order valence-corrected chi connectivity index (χ0v) is 18.1. The van der Waals surface area contributed by atoms with E-state index in [-0.39, 0.29) is 18.0 Å². The molecule has 0 bridgehead atoms. The smallest absolute Gasteiger partial charge is 0.110 e. The van der Waals surface area contributed by atoms with Crippen LogP contribution in [0.25, 0.3) is 0 Å². The van der Waals surface area contributed by atoms with E-state index < -0.39 is 0 Å². The van der Waals surface area contributed by atoms with Gasteiger partial charge in [0.05, 0.1) is 6.17 Å². The van der Waals surface area contributed by atoms with Crippen LogP contribution in [0.5, 0.6) is 0 Å². The van der Waals surface area contributed by atoms with Crippen molar-refractivity contribution in [2.24, 2.45) is 0 Å². The molecule has 28 heavy (non-hydrogen) atoms. The topological polar surface area (TPSA) is 52.5 Å². The van der Waals surface area contributed by atoms with Gasteiger partial charge in [-0.15, -0.1) is 0 Å². The lowest BCUT2D eigenvalue weighted by atomic mass is 10.0. The second-order valence-corrected chi connectivity index (χ2v) is 7.78. The third-order valence-corrected chi connectivity index (χ3v) is 5.99. The molecule has 1 fully saturated rings. The lowest BCUT2D eigenvalue weighted by Crippen LogP contribution is -2.56. The Morgan fingerprint density at radius 3 is 2.64 bits per heavy atom. The highest BCUT2D eigenvalue weighted by molar-refractivity contribution is 5.31. The zero-order chi connectivity index (χ0) is 20.9. The molecule has 2 aliphatic rings. The Hall–Kier alpha value is -2.08. The highest BCUT2D eigenvalue weighted by Gasteiger charge is 2.55. The van der Waals surface area contributed by atoms with Gasteiger partial charge in [-0.25, -0.2) is 0 Å². The van der Waals surface area contributed by atoms with Crippen molar-refractivity contribution in [3.8, 4) is 0 Å². The molecule has 0 aromatic heterocycles. The maximum atomic E-state index is 4.16. The number of dihydropyridines is 1. The molecule has 0 aromatic rings. The first kappa shape index (κ1) is 22.2. The van der Waals surface area contributed by atoms with Crippen LogP contribution in [0.15, 0.2) is 73.2 Å².